The van der Waals surface area contributed by atoms with Crippen LogP contribution in [-0.2, 0) is 6.54 Å². The first-order chi connectivity index (χ1) is 12.1. The number of carbonyl (C=O) groups is 1. The number of piperazine rings is 1. The van der Waals surface area contributed by atoms with Crippen LogP contribution in [-0.4, -0.2) is 54.2 Å². The number of aromatic carboxylic acids is 1. The summed E-state index contributed by atoms with van der Waals surface area (Å²) >= 11 is 0. The van der Waals surface area contributed by atoms with Crippen LogP contribution in [0, 0.1) is 5.82 Å². The molecule has 0 atom stereocenters. The largest absolute Gasteiger partial charge is 0.494 e. The van der Waals surface area contributed by atoms with E-state index >= 15 is 0 Å². The zero-order chi connectivity index (χ0) is 17.8. The zero-order valence-corrected chi connectivity index (χ0v) is 16.4. The number of hydrogen-bond acceptors (Lipinski definition) is 5. The third kappa shape index (κ3) is 5.45. The predicted molar refractivity (Wildman–Crippen MR) is 106 cm³/mol. The summed E-state index contributed by atoms with van der Waals surface area (Å²) in [5.74, 6) is -0.590. The van der Waals surface area contributed by atoms with Gasteiger partial charge in [-0.15, -0.1) is 24.8 Å². The van der Waals surface area contributed by atoms with Crippen LogP contribution in [0.3, 0.4) is 0 Å². The second-order valence-electron chi connectivity index (χ2n) is 5.91. The normalized spacial score (nSPS) is 14.1. The van der Waals surface area contributed by atoms with E-state index in [4.69, 9.17) is 4.74 Å². The van der Waals surface area contributed by atoms with E-state index in [9.17, 15) is 14.3 Å². The smallest absolute Gasteiger partial charge is 0.339 e. The van der Waals surface area contributed by atoms with Crippen LogP contribution >= 0.6 is 24.8 Å². The van der Waals surface area contributed by atoms with Gasteiger partial charge in [0, 0.05) is 38.9 Å². The first-order valence-corrected chi connectivity index (χ1v) is 8.06. The minimum Gasteiger partial charge on any atom is -0.494 e. The number of carboxylic acids is 1. The van der Waals surface area contributed by atoms with E-state index < -0.39 is 5.97 Å². The van der Waals surface area contributed by atoms with E-state index in [1.807, 2.05) is 11.0 Å². The molecule has 27 heavy (non-hydrogen) atoms. The van der Waals surface area contributed by atoms with Crippen LogP contribution in [0.25, 0.3) is 0 Å². The quantitative estimate of drug-likeness (QED) is 0.805. The average molecular weight is 418 g/mol. The molecule has 2 heterocycles. The van der Waals surface area contributed by atoms with Crippen molar-refractivity contribution in [2.75, 3.05) is 38.2 Å². The molecule has 1 aromatic heterocycles. The molecule has 0 aliphatic carbocycles. The molecule has 0 spiro atoms. The fraction of sp³-hybridized carbons (Fsp3) is 0.333. The number of pyridine rings is 1. The number of halogens is 3. The van der Waals surface area contributed by atoms with Crippen molar-refractivity contribution in [2.24, 2.45) is 0 Å². The Morgan fingerprint density at radius 2 is 1.93 bits per heavy atom. The van der Waals surface area contributed by atoms with Gasteiger partial charge in [-0.3, -0.25) is 4.90 Å². The first-order valence-electron chi connectivity index (χ1n) is 8.06. The van der Waals surface area contributed by atoms with E-state index in [-0.39, 0.29) is 41.9 Å². The Labute approximate surface area is 169 Å². The second kappa shape index (κ2) is 10.3. The Bertz CT molecular complexity index is 771. The van der Waals surface area contributed by atoms with Crippen molar-refractivity contribution in [3.05, 3.63) is 53.5 Å². The SMILES string of the molecule is COc1ccc(CN2CCN(c3ncccc3C(=O)O)CC2)cc1F.Cl.Cl. The molecule has 0 amide bonds. The average Bonchev–Trinajstić information content (AvgIpc) is 2.62. The van der Waals surface area contributed by atoms with Crippen molar-refractivity contribution in [2.45, 2.75) is 6.54 Å². The minimum atomic E-state index is -0.973. The fourth-order valence-electron chi connectivity index (χ4n) is 3.00. The molecule has 1 N–H and O–H groups in total. The molecule has 3 rings (SSSR count). The van der Waals surface area contributed by atoms with Gasteiger partial charge in [0.1, 0.15) is 11.4 Å². The van der Waals surface area contributed by atoms with Crippen LogP contribution in [0.5, 0.6) is 5.75 Å². The Hall–Kier alpha value is -2.09. The van der Waals surface area contributed by atoms with Crippen molar-refractivity contribution >= 4 is 36.6 Å². The van der Waals surface area contributed by atoms with E-state index in [1.54, 1.807) is 24.4 Å². The maximum absolute atomic E-state index is 13.8. The topological polar surface area (TPSA) is 65.9 Å². The van der Waals surface area contributed by atoms with Crippen LogP contribution in [0.2, 0.25) is 0 Å². The third-order valence-electron chi connectivity index (χ3n) is 4.31. The van der Waals surface area contributed by atoms with Gasteiger partial charge in [0.05, 0.1) is 7.11 Å². The number of aromatic nitrogens is 1. The maximum atomic E-state index is 13.8. The lowest BCUT2D eigenvalue weighted by atomic mass is 10.1. The number of carboxylic acid groups (broad SMARTS) is 1. The van der Waals surface area contributed by atoms with Crippen LogP contribution in [0.1, 0.15) is 15.9 Å². The van der Waals surface area contributed by atoms with Gasteiger partial charge in [-0.25, -0.2) is 14.2 Å². The molecule has 1 aliphatic heterocycles. The lowest BCUT2D eigenvalue weighted by Crippen LogP contribution is -2.46. The van der Waals surface area contributed by atoms with E-state index in [1.165, 1.54) is 13.2 Å². The standard InChI is InChI=1S/C18H20FN3O3.2ClH/c1-25-16-5-4-13(11-15(16)19)12-21-7-9-22(10-8-21)17-14(18(23)24)3-2-6-20-17;;/h2-6,11H,7-10,12H2,1H3,(H,23,24);2*1H. The maximum Gasteiger partial charge on any atom is 0.339 e. The highest BCUT2D eigenvalue weighted by Gasteiger charge is 2.22. The summed E-state index contributed by atoms with van der Waals surface area (Å²) < 4.78 is 18.7. The number of methoxy groups -OCH3 is 1. The van der Waals surface area contributed by atoms with Gasteiger partial charge in [0.15, 0.2) is 11.6 Å². The summed E-state index contributed by atoms with van der Waals surface area (Å²) in [7, 11) is 1.44. The molecule has 0 bridgehead atoms. The highest BCUT2D eigenvalue weighted by Crippen LogP contribution is 2.21. The molecule has 0 saturated carbocycles. The Morgan fingerprint density at radius 1 is 1.22 bits per heavy atom. The van der Waals surface area contributed by atoms with Crippen LogP contribution in [0.4, 0.5) is 10.2 Å². The molecular formula is C18H22Cl2FN3O3. The third-order valence-corrected chi connectivity index (χ3v) is 4.31. The van der Waals surface area contributed by atoms with Crippen molar-refractivity contribution in [3.8, 4) is 5.75 Å². The summed E-state index contributed by atoms with van der Waals surface area (Å²) in [4.78, 5) is 19.7. The highest BCUT2D eigenvalue weighted by atomic mass is 35.5. The molecule has 148 valence electrons. The molecule has 9 heteroatoms. The zero-order valence-electron chi connectivity index (χ0n) is 14.8. The van der Waals surface area contributed by atoms with Gasteiger partial charge in [0.2, 0.25) is 0 Å². The molecule has 6 nitrogen and oxygen atoms in total. The van der Waals surface area contributed by atoms with Gasteiger partial charge in [-0.05, 0) is 29.8 Å². The predicted octanol–water partition coefficient (Wildman–Crippen LogP) is 3.09. The Balaban J connectivity index is 0.00000182. The molecule has 0 unspecified atom stereocenters. The Morgan fingerprint density at radius 3 is 2.52 bits per heavy atom. The van der Waals surface area contributed by atoms with Crippen molar-refractivity contribution < 1.29 is 19.0 Å². The van der Waals surface area contributed by atoms with Crippen molar-refractivity contribution in [1.82, 2.24) is 9.88 Å². The number of benzene rings is 1. The van der Waals surface area contributed by atoms with E-state index in [0.717, 1.165) is 18.7 Å². The number of rotatable bonds is 5. The first kappa shape index (κ1) is 23.0. The molecule has 0 radical (unpaired) electrons. The lowest BCUT2D eigenvalue weighted by Gasteiger charge is -2.35. The fourth-order valence-corrected chi connectivity index (χ4v) is 3.00. The lowest BCUT2D eigenvalue weighted by molar-refractivity contribution is 0.0697. The summed E-state index contributed by atoms with van der Waals surface area (Å²) in [6.07, 6.45) is 1.61. The summed E-state index contributed by atoms with van der Waals surface area (Å²) in [6.45, 7) is 3.50. The Kier molecular flexibility index (Phi) is 8.75. The molecule has 1 fully saturated rings. The summed E-state index contributed by atoms with van der Waals surface area (Å²) in [5, 5.41) is 9.29. The van der Waals surface area contributed by atoms with Gasteiger partial charge in [0.25, 0.3) is 0 Å². The van der Waals surface area contributed by atoms with Crippen molar-refractivity contribution in [1.29, 1.82) is 0 Å². The van der Waals surface area contributed by atoms with Gasteiger partial charge in [-0.2, -0.15) is 0 Å². The molecule has 2 aromatic rings. The molecule has 1 aliphatic rings. The second-order valence-corrected chi connectivity index (χ2v) is 5.91. The summed E-state index contributed by atoms with van der Waals surface area (Å²) in [6, 6.07) is 8.18. The number of hydrogen-bond donors (Lipinski definition) is 1. The van der Waals surface area contributed by atoms with E-state index in [0.29, 0.717) is 25.5 Å². The van der Waals surface area contributed by atoms with E-state index in [2.05, 4.69) is 9.88 Å². The molecule has 1 aromatic carbocycles. The number of nitrogens with zero attached hydrogens (tertiary/aromatic N) is 3. The number of anilines is 1. The molecular weight excluding hydrogens is 396 g/mol. The van der Waals surface area contributed by atoms with Crippen molar-refractivity contribution in [3.63, 3.8) is 0 Å². The monoisotopic (exact) mass is 417 g/mol. The van der Waals surface area contributed by atoms with Gasteiger partial charge >= 0.3 is 5.97 Å². The molecule has 1 saturated heterocycles. The minimum absolute atomic E-state index is 0. The van der Waals surface area contributed by atoms with Crippen LogP contribution < -0.4 is 9.64 Å². The number of ether oxygens (including phenoxy) is 1. The summed E-state index contributed by atoms with van der Waals surface area (Å²) in [5.41, 5.74) is 1.10. The highest BCUT2D eigenvalue weighted by molar-refractivity contribution is 5.93. The van der Waals surface area contributed by atoms with Crippen LogP contribution in [0.15, 0.2) is 36.5 Å². The van der Waals surface area contributed by atoms with Gasteiger partial charge < -0.3 is 14.7 Å². The van der Waals surface area contributed by atoms with Gasteiger partial charge in [-0.1, -0.05) is 6.07 Å².